The van der Waals surface area contributed by atoms with Crippen LogP contribution in [0.15, 0.2) is 24.3 Å². The molecule has 4 nitrogen and oxygen atoms in total. The van der Waals surface area contributed by atoms with Crippen LogP contribution in [0.4, 0.5) is 0 Å². The highest BCUT2D eigenvalue weighted by atomic mass is 35.5. The number of amides is 1. The van der Waals surface area contributed by atoms with Gasteiger partial charge in [0.25, 0.3) is 0 Å². The molecule has 20 heavy (non-hydrogen) atoms. The zero-order valence-electron chi connectivity index (χ0n) is 11.6. The Balaban J connectivity index is 2.03. The number of benzene rings is 1. The van der Waals surface area contributed by atoms with Crippen molar-refractivity contribution in [3.05, 3.63) is 34.9 Å². The molecule has 0 saturated heterocycles. The van der Waals surface area contributed by atoms with E-state index in [4.69, 9.17) is 16.3 Å². The predicted molar refractivity (Wildman–Crippen MR) is 77.9 cm³/mol. The van der Waals surface area contributed by atoms with Crippen molar-refractivity contribution in [1.82, 2.24) is 5.32 Å². The van der Waals surface area contributed by atoms with Crippen molar-refractivity contribution in [1.29, 1.82) is 0 Å². The van der Waals surface area contributed by atoms with E-state index in [-0.39, 0.29) is 19.1 Å². The zero-order chi connectivity index (χ0) is 14.6. The summed E-state index contributed by atoms with van der Waals surface area (Å²) in [7, 11) is 1.52. The molecule has 1 aliphatic carbocycles. The van der Waals surface area contributed by atoms with E-state index < -0.39 is 11.5 Å². The molecule has 0 radical (unpaired) electrons. The first kappa shape index (κ1) is 15.3. The van der Waals surface area contributed by atoms with E-state index in [0.29, 0.717) is 5.02 Å². The molecule has 5 heteroatoms. The van der Waals surface area contributed by atoms with Crippen LogP contribution < -0.4 is 5.32 Å². The average Bonchev–Trinajstić information content (AvgIpc) is 2.38. The predicted octanol–water partition coefficient (Wildman–Crippen LogP) is 1.89. The highest BCUT2D eigenvalue weighted by Gasteiger charge is 2.45. The maximum atomic E-state index is 12.4. The molecular weight excluding hydrogens is 278 g/mol. The Kier molecular flexibility index (Phi) is 5.02. The monoisotopic (exact) mass is 297 g/mol. The van der Waals surface area contributed by atoms with Gasteiger partial charge in [-0.1, -0.05) is 30.2 Å². The van der Waals surface area contributed by atoms with Gasteiger partial charge in [0.1, 0.15) is 0 Å². The molecule has 1 unspecified atom stereocenters. The molecule has 1 amide bonds. The van der Waals surface area contributed by atoms with Crippen molar-refractivity contribution in [2.24, 2.45) is 0 Å². The third-order valence-corrected chi connectivity index (χ3v) is 4.15. The van der Waals surface area contributed by atoms with Crippen molar-refractivity contribution in [3.8, 4) is 0 Å². The Morgan fingerprint density at radius 2 is 2.10 bits per heavy atom. The number of nitrogens with one attached hydrogen (secondary N) is 1. The van der Waals surface area contributed by atoms with E-state index in [1.165, 1.54) is 7.11 Å². The number of aliphatic hydroxyl groups is 1. The summed E-state index contributed by atoms with van der Waals surface area (Å²) in [5.41, 5.74) is 0.532. The first-order chi connectivity index (χ1) is 9.58. The van der Waals surface area contributed by atoms with E-state index in [9.17, 15) is 9.90 Å². The minimum absolute atomic E-state index is 0.0266. The van der Waals surface area contributed by atoms with E-state index in [1.54, 1.807) is 0 Å². The van der Waals surface area contributed by atoms with Gasteiger partial charge in [-0.3, -0.25) is 4.79 Å². The van der Waals surface area contributed by atoms with Crippen LogP contribution in [-0.2, 0) is 14.9 Å². The average molecular weight is 298 g/mol. The number of hydrogen-bond donors (Lipinski definition) is 2. The number of methoxy groups -OCH3 is 1. The third kappa shape index (κ3) is 3.14. The normalized spacial score (nSPS) is 18.1. The van der Waals surface area contributed by atoms with Crippen molar-refractivity contribution in [3.63, 3.8) is 0 Å². The van der Waals surface area contributed by atoms with Gasteiger partial charge in [0.05, 0.1) is 18.1 Å². The fraction of sp³-hybridized carbons (Fsp3) is 0.533. The van der Waals surface area contributed by atoms with Gasteiger partial charge in [-0.15, -0.1) is 0 Å². The van der Waals surface area contributed by atoms with Gasteiger partial charge in [0.2, 0.25) is 5.91 Å². The van der Waals surface area contributed by atoms with Crippen LogP contribution in [0.25, 0.3) is 0 Å². The Labute approximate surface area is 124 Å². The van der Waals surface area contributed by atoms with Crippen molar-refractivity contribution in [2.45, 2.75) is 30.8 Å². The molecule has 110 valence electrons. The lowest BCUT2D eigenvalue weighted by atomic mass is 9.64. The summed E-state index contributed by atoms with van der Waals surface area (Å²) in [6.45, 7) is 0.427. The molecule has 1 aromatic carbocycles. The van der Waals surface area contributed by atoms with Crippen LogP contribution in [0.2, 0.25) is 5.02 Å². The first-order valence-corrected chi connectivity index (χ1v) is 7.17. The maximum Gasteiger partial charge on any atom is 0.230 e. The molecule has 2 N–H and O–H groups in total. The van der Waals surface area contributed by atoms with E-state index in [0.717, 1.165) is 24.8 Å². The van der Waals surface area contributed by atoms with Crippen molar-refractivity contribution < 1.29 is 14.6 Å². The number of rotatable bonds is 6. The lowest BCUT2D eigenvalue weighted by molar-refractivity contribution is -0.130. The summed E-state index contributed by atoms with van der Waals surface area (Å²) in [5, 5.41) is 13.1. The number of carbonyl (C=O) groups is 1. The van der Waals surface area contributed by atoms with E-state index in [2.05, 4.69) is 5.32 Å². The second-order valence-electron chi connectivity index (χ2n) is 5.26. The van der Waals surface area contributed by atoms with Gasteiger partial charge >= 0.3 is 0 Å². The van der Waals surface area contributed by atoms with Gasteiger partial charge in [-0.05, 0) is 30.5 Å². The summed E-state index contributed by atoms with van der Waals surface area (Å²) in [6, 6.07) is 7.44. The Morgan fingerprint density at radius 1 is 1.45 bits per heavy atom. The first-order valence-electron chi connectivity index (χ1n) is 6.80. The minimum atomic E-state index is -0.675. The summed E-state index contributed by atoms with van der Waals surface area (Å²) >= 11 is 5.89. The molecule has 1 atom stereocenters. The van der Waals surface area contributed by atoms with Gasteiger partial charge in [-0.2, -0.15) is 0 Å². The largest absolute Gasteiger partial charge is 0.389 e. The highest BCUT2D eigenvalue weighted by Crippen LogP contribution is 2.44. The van der Waals surface area contributed by atoms with E-state index >= 15 is 0 Å². The standard InChI is InChI=1S/C15H20ClNO3/c1-20-10-13(18)9-17-14(19)15(7-2-8-15)11-3-5-12(16)6-4-11/h3-6,13,18H,2,7-10H2,1H3,(H,17,19). The van der Waals surface area contributed by atoms with Crippen LogP contribution in [0.5, 0.6) is 0 Å². The number of aliphatic hydroxyl groups excluding tert-OH is 1. The fourth-order valence-corrected chi connectivity index (χ4v) is 2.70. The summed E-state index contributed by atoms with van der Waals surface area (Å²) in [4.78, 5) is 12.4. The Bertz CT molecular complexity index is 457. The van der Waals surface area contributed by atoms with Crippen LogP contribution in [0, 0.1) is 0 Å². The number of hydrogen-bond acceptors (Lipinski definition) is 3. The van der Waals surface area contributed by atoms with E-state index in [1.807, 2.05) is 24.3 Å². The smallest absolute Gasteiger partial charge is 0.230 e. The summed E-state index contributed by atoms with van der Waals surface area (Å²) in [6.07, 6.45) is 2.03. The molecule has 1 aromatic rings. The molecule has 0 heterocycles. The molecule has 0 bridgehead atoms. The van der Waals surface area contributed by atoms with Gasteiger partial charge in [0, 0.05) is 18.7 Å². The lowest BCUT2D eigenvalue weighted by Crippen LogP contribution is -2.51. The molecule has 2 rings (SSSR count). The lowest BCUT2D eigenvalue weighted by Gasteiger charge is -2.41. The summed E-state index contributed by atoms with van der Waals surface area (Å²) < 4.78 is 4.84. The second kappa shape index (κ2) is 6.57. The minimum Gasteiger partial charge on any atom is -0.389 e. The highest BCUT2D eigenvalue weighted by molar-refractivity contribution is 6.30. The molecule has 1 saturated carbocycles. The molecule has 0 aromatic heterocycles. The van der Waals surface area contributed by atoms with Gasteiger partial charge in [-0.25, -0.2) is 0 Å². The third-order valence-electron chi connectivity index (χ3n) is 3.90. The SMILES string of the molecule is COCC(O)CNC(=O)C1(c2ccc(Cl)cc2)CCC1. The quantitative estimate of drug-likeness (QED) is 0.843. The zero-order valence-corrected chi connectivity index (χ0v) is 12.3. The maximum absolute atomic E-state index is 12.4. The Morgan fingerprint density at radius 3 is 2.60 bits per heavy atom. The van der Waals surface area contributed by atoms with Crippen LogP contribution in [0.1, 0.15) is 24.8 Å². The second-order valence-corrected chi connectivity index (χ2v) is 5.70. The molecule has 1 fully saturated rings. The van der Waals surface area contributed by atoms with Crippen molar-refractivity contribution in [2.75, 3.05) is 20.3 Å². The number of ether oxygens (including phenoxy) is 1. The van der Waals surface area contributed by atoms with Gasteiger partial charge < -0.3 is 15.2 Å². The molecule has 1 aliphatic rings. The van der Waals surface area contributed by atoms with Gasteiger partial charge in [0.15, 0.2) is 0 Å². The topological polar surface area (TPSA) is 58.6 Å². The molecule has 0 aliphatic heterocycles. The number of carbonyl (C=O) groups excluding carboxylic acids is 1. The molecular formula is C15H20ClNO3. The molecule has 0 spiro atoms. The van der Waals surface area contributed by atoms with Crippen molar-refractivity contribution >= 4 is 17.5 Å². The summed E-state index contributed by atoms with van der Waals surface area (Å²) in [5.74, 6) is -0.0266. The van der Waals surface area contributed by atoms with Crippen LogP contribution >= 0.6 is 11.6 Å². The Hall–Kier alpha value is -1.10. The van der Waals surface area contributed by atoms with Crippen LogP contribution in [-0.4, -0.2) is 37.4 Å². The fourth-order valence-electron chi connectivity index (χ4n) is 2.58. The van der Waals surface area contributed by atoms with Crippen LogP contribution in [0.3, 0.4) is 0 Å². The number of halogens is 1.